The van der Waals surface area contributed by atoms with Crippen LogP contribution >= 0.6 is 0 Å². The Morgan fingerprint density at radius 3 is 2.20 bits per heavy atom. The van der Waals surface area contributed by atoms with Gasteiger partial charge in [-0.25, -0.2) is 0 Å². The molecule has 0 aliphatic heterocycles. The van der Waals surface area contributed by atoms with Gasteiger partial charge in [-0.05, 0) is 31.9 Å². The Kier molecular flexibility index (Phi) is 4.97. The van der Waals surface area contributed by atoms with Gasteiger partial charge in [0, 0.05) is 13.1 Å². The van der Waals surface area contributed by atoms with Gasteiger partial charge in [0.05, 0.1) is 0 Å². The first-order chi connectivity index (χ1) is 9.26. The zero-order chi connectivity index (χ0) is 15.5. The third-order valence-electron chi connectivity index (χ3n) is 3.07. The Labute approximate surface area is 114 Å². The summed E-state index contributed by atoms with van der Waals surface area (Å²) in [4.78, 5) is 27.0. The highest BCUT2D eigenvalue weighted by Gasteiger charge is 2.35. The Morgan fingerprint density at radius 2 is 1.80 bits per heavy atom. The molecule has 0 saturated carbocycles. The number of H-pyrrole nitrogens is 1. The lowest BCUT2D eigenvalue weighted by atomic mass is 10.1. The van der Waals surface area contributed by atoms with E-state index in [-0.39, 0.29) is 17.5 Å². The second-order valence-electron chi connectivity index (χ2n) is 4.24. The third-order valence-corrected chi connectivity index (χ3v) is 3.07. The standard InChI is InChI=1S/C13H17F3N2O2/c1-4-8-7-9(12(20)18(5-2)6-3)11(19)17-10(8)13(14,15)16/h7H,4-6H2,1-3H3,(H,17,19). The molecule has 0 unspecified atom stereocenters. The van der Waals surface area contributed by atoms with Crippen molar-refractivity contribution in [2.75, 3.05) is 13.1 Å². The lowest BCUT2D eigenvalue weighted by Gasteiger charge is -2.19. The maximum absolute atomic E-state index is 12.8. The van der Waals surface area contributed by atoms with Crippen molar-refractivity contribution < 1.29 is 18.0 Å². The monoisotopic (exact) mass is 290 g/mol. The molecule has 0 spiro atoms. The zero-order valence-corrected chi connectivity index (χ0v) is 11.6. The Morgan fingerprint density at radius 1 is 1.25 bits per heavy atom. The summed E-state index contributed by atoms with van der Waals surface area (Å²) in [5, 5.41) is 0. The Hall–Kier alpha value is -1.79. The maximum atomic E-state index is 12.8. The van der Waals surface area contributed by atoms with Crippen LogP contribution < -0.4 is 5.56 Å². The number of amides is 1. The van der Waals surface area contributed by atoms with E-state index in [9.17, 15) is 22.8 Å². The number of aryl methyl sites for hydroxylation is 1. The number of nitrogens with one attached hydrogen (secondary N) is 1. The minimum absolute atomic E-state index is 0.0736. The second-order valence-corrected chi connectivity index (χ2v) is 4.24. The Bertz CT molecular complexity index is 546. The van der Waals surface area contributed by atoms with Gasteiger partial charge >= 0.3 is 6.18 Å². The number of hydrogen-bond acceptors (Lipinski definition) is 2. The number of hydrogen-bond donors (Lipinski definition) is 1. The van der Waals surface area contributed by atoms with Gasteiger partial charge in [-0.2, -0.15) is 13.2 Å². The number of aromatic nitrogens is 1. The van der Waals surface area contributed by atoms with E-state index in [4.69, 9.17) is 0 Å². The number of pyridine rings is 1. The summed E-state index contributed by atoms with van der Waals surface area (Å²) in [6, 6.07) is 1.04. The highest BCUT2D eigenvalue weighted by atomic mass is 19.4. The van der Waals surface area contributed by atoms with Crippen LogP contribution in [0.25, 0.3) is 0 Å². The van der Waals surface area contributed by atoms with Gasteiger partial charge in [-0.3, -0.25) is 9.59 Å². The summed E-state index contributed by atoms with van der Waals surface area (Å²) in [7, 11) is 0. The molecule has 1 aromatic rings. The molecule has 1 heterocycles. The number of nitrogens with zero attached hydrogens (tertiary/aromatic N) is 1. The molecule has 0 atom stereocenters. The molecule has 0 bridgehead atoms. The largest absolute Gasteiger partial charge is 0.431 e. The van der Waals surface area contributed by atoms with Crippen molar-refractivity contribution in [3.8, 4) is 0 Å². The van der Waals surface area contributed by atoms with Gasteiger partial charge in [-0.15, -0.1) is 0 Å². The minimum Gasteiger partial charge on any atom is -0.339 e. The van der Waals surface area contributed by atoms with E-state index >= 15 is 0 Å². The molecule has 0 aliphatic rings. The van der Waals surface area contributed by atoms with Crippen LogP contribution in [0.4, 0.5) is 13.2 Å². The molecule has 20 heavy (non-hydrogen) atoms. The van der Waals surface area contributed by atoms with E-state index in [0.29, 0.717) is 13.1 Å². The zero-order valence-electron chi connectivity index (χ0n) is 11.6. The fourth-order valence-electron chi connectivity index (χ4n) is 1.94. The van der Waals surface area contributed by atoms with Crippen LogP contribution in [0.1, 0.15) is 42.4 Å². The minimum atomic E-state index is -4.64. The predicted octanol–water partition coefficient (Wildman–Crippen LogP) is 2.44. The third kappa shape index (κ3) is 3.20. The lowest BCUT2D eigenvalue weighted by Crippen LogP contribution is -2.35. The van der Waals surface area contributed by atoms with Crippen LogP contribution in [0.15, 0.2) is 10.9 Å². The molecule has 1 aromatic heterocycles. The van der Waals surface area contributed by atoms with Crippen molar-refractivity contribution in [1.82, 2.24) is 9.88 Å². The van der Waals surface area contributed by atoms with Crippen LogP contribution in [0.3, 0.4) is 0 Å². The van der Waals surface area contributed by atoms with Crippen molar-refractivity contribution in [3.63, 3.8) is 0 Å². The average Bonchev–Trinajstić information content (AvgIpc) is 2.38. The smallest absolute Gasteiger partial charge is 0.339 e. The molecule has 112 valence electrons. The van der Waals surface area contributed by atoms with Crippen molar-refractivity contribution in [3.05, 3.63) is 33.2 Å². The summed E-state index contributed by atoms with van der Waals surface area (Å²) in [5.74, 6) is -0.556. The highest BCUT2D eigenvalue weighted by molar-refractivity contribution is 5.94. The van der Waals surface area contributed by atoms with Gasteiger partial charge < -0.3 is 9.88 Å². The van der Waals surface area contributed by atoms with E-state index in [1.807, 2.05) is 0 Å². The first-order valence-corrected chi connectivity index (χ1v) is 6.38. The number of carbonyl (C=O) groups excluding carboxylic acids is 1. The summed E-state index contributed by atoms with van der Waals surface area (Å²) in [6.07, 6.45) is -4.56. The van der Waals surface area contributed by atoms with Gasteiger partial charge in [0.1, 0.15) is 11.3 Å². The van der Waals surface area contributed by atoms with E-state index in [1.165, 1.54) is 11.8 Å². The summed E-state index contributed by atoms with van der Waals surface area (Å²) < 4.78 is 38.3. The normalized spacial score (nSPS) is 11.5. The lowest BCUT2D eigenvalue weighted by molar-refractivity contribution is -0.142. The maximum Gasteiger partial charge on any atom is 0.431 e. The molecule has 4 nitrogen and oxygen atoms in total. The van der Waals surface area contributed by atoms with Gasteiger partial charge in [-0.1, -0.05) is 6.92 Å². The number of halogens is 3. The number of aromatic amines is 1. The fraction of sp³-hybridized carbons (Fsp3) is 0.538. The SMILES string of the molecule is CCc1cc(C(=O)N(CC)CC)c(=O)[nH]c1C(F)(F)F. The number of alkyl halides is 3. The van der Waals surface area contributed by atoms with Crippen LogP contribution in [0.5, 0.6) is 0 Å². The molecule has 0 aromatic carbocycles. The molecule has 0 fully saturated rings. The second kappa shape index (κ2) is 6.11. The van der Waals surface area contributed by atoms with E-state index < -0.39 is 23.3 Å². The van der Waals surface area contributed by atoms with Gasteiger partial charge in [0.15, 0.2) is 0 Å². The van der Waals surface area contributed by atoms with Crippen LogP contribution in [0.2, 0.25) is 0 Å². The quantitative estimate of drug-likeness (QED) is 0.926. The first kappa shape index (κ1) is 16.3. The fourth-order valence-corrected chi connectivity index (χ4v) is 1.94. The summed E-state index contributed by atoms with van der Waals surface area (Å²) in [5.41, 5.74) is -2.43. The van der Waals surface area contributed by atoms with Crippen molar-refractivity contribution >= 4 is 5.91 Å². The summed E-state index contributed by atoms with van der Waals surface area (Å²) >= 11 is 0. The molecule has 1 N–H and O–H groups in total. The first-order valence-electron chi connectivity index (χ1n) is 6.38. The van der Waals surface area contributed by atoms with Gasteiger partial charge in [0.25, 0.3) is 11.5 Å². The van der Waals surface area contributed by atoms with Crippen molar-refractivity contribution in [2.45, 2.75) is 33.4 Å². The van der Waals surface area contributed by atoms with E-state index in [2.05, 4.69) is 0 Å². The average molecular weight is 290 g/mol. The molecule has 7 heteroatoms. The van der Waals surface area contributed by atoms with Crippen molar-refractivity contribution in [2.24, 2.45) is 0 Å². The topological polar surface area (TPSA) is 53.2 Å². The van der Waals surface area contributed by atoms with E-state index in [0.717, 1.165) is 6.07 Å². The molecule has 0 radical (unpaired) electrons. The predicted molar refractivity (Wildman–Crippen MR) is 68.7 cm³/mol. The molecule has 0 aliphatic carbocycles. The summed E-state index contributed by atoms with van der Waals surface area (Å²) in [6.45, 7) is 5.78. The van der Waals surface area contributed by atoms with Crippen LogP contribution in [-0.4, -0.2) is 28.9 Å². The van der Waals surface area contributed by atoms with Crippen LogP contribution in [0, 0.1) is 0 Å². The molecular weight excluding hydrogens is 273 g/mol. The van der Waals surface area contributed by atoms with E-state index in [1.54, 1.807) is 18.8 Å². The van der Waals surface area contributed by atoms with Crippen molar-refractivity contribution in [1.29, 1.82) is 0 Å². The van der Waals surface area contributed by atoms with Crippen LogP contribution in [-0.2, 0) is 12.6 Å². The highest BCUT2D eigenvalue weighted by Crippen LogP contribution is 2.30. The Balaban J connectivity index is 3.39. The molecule has 1 amide bonds. The number of carbonyl (C=O) groups is 1. The molecule has 0 saturated heterocycles. The molecular formula is C13H17F3N2O2. The molecule has 1 rings (SSSR count). The number of rotatable bonds is 4. The van der Waals surface area contributed by atoms with Gasteiger partial charge in [0.2, 0.25) is 0 Å².